The molecule has 0 aliphatic carbocycles. The van der Waals surface area contributed by atoms with Gasteiger partial charge >= 0.3 is 5.69 Å². The van der Waals surface area contributed by atoms with Crippen molar-refractivity contribution in [2.45, 2.75) is 20.4 Å². The van der Waals surface area contributed by atoms with Crippen molar-refractivity contribution >= 4 is 11.5 Å². The molecular formula is C9H17N5O2. The third-order valence-electron chi connectivity index (χ3n) is 2.25. The van der Waals surface area contributed by atoms with Gasteiger partial charge in [-0.05, 0) is 20.9 Å². The zero-order chi connectivity index (χ0) is 12.1. The number of aryl methyl sites for hydroxylation is 2. The standard InChI is InChI=1S/C9H17N5O2/c1-4-13-9(11-6-5-10-3)8(14(15)16)7(2)12-13/h10-11H,4-6H2,1-3H3. The van der Waals surface area contributed by atoms with Crippen LogP contribution in [0.15, 0.2) is 0 Å². The van der Waals surface area contributed by atoms with Crippen LogP contribution in [0.1, 0.15) is 12.6 Å². The van der Waals surface area contributed by atoms with E-state index in [9.17, 15) is 10.1 Å². The molecule has 0 aromatic carbocycles. The Bertz CT molecular complexity index is 374. The Morgan fingerprint density at radius 2 is 2.19 bits per heavy atom. The van der Waals surface area contributed by atoms with Gasteiger partial charge in [-0.25, -0.2) is 4.68 Å². The first-order chi connectivity index (χ1) is 7.61. The molecule has 1 heterocycles. The maximum atomic E-state index is 10.9. The first-order valence-electron chi connectivity index (χ1n) is 5.22. The second kappa shape index (κ2) is 5.45. The van der Waals surface area contributed by atoms with Crippen LogP contribution in [0.3, 0.4) is 0 Å². The van der Waals surface area contributed by atoms with E-state index >= 15 is 0 Å². The van der Waals surface area contributed by atoms with Crippen molar-refractivity contribution < 1.29 is 4.92 Å². The Morgan fingerprint density at radius 1 is 1.50 bits per heavy atom. The Balaban J connectivity index is 2.97. The van der Waals surface area contributed by atoms with Gasteiger partial charge in [-0.3, -0.25) is 10.1 Å². The van der Waals surface area contributed by atoms with E-state index in [2.05, 4.69) is 15.7 Å². The Morgan fingerprint density at radius 3 is 2.69 bits per heavy atom. The minimum atomic E-state index is -0.393. The quantitative estimate of drug-likeness (QED) is 0.425. The highest BCUT2D eigenvalue weighted by Gasteiger charge is 2.24. The van der Waals surface area contributed by atoms with Crippen molar-refractivity contribution in [2.24, 2.45) is 0 Å². The normalized spacial score (nSPS) is 10.4. The summed E-state index contributed by atoms with van der Waals surface area (Å²) < 4.78 is 1.61. The van der Waals surface area contributed by atoms with Crippen LogP contribution in [0.2, 0.25) is 0 Å². The molecule has 0 atom stereocenters. The van der Waals surface area contributed by atoms with Crippen molar-refractivity contribution in [1.82, 2.24) is 15.1 Å². The Labute approximate surface area is 94.0 Å². The minimum absolute atomic E-state index is 0.0675. The lowest BCUT2D eigenvalue weighted by molar-refractivity contribution is -0.384. The molecule has 2 N–H and O–H groups in total. The summed E-state index contributed by atoms with van der Waals surface area (Å²) in [7, 11) is 1.83. The van der Waals surface area contributed by atoms with E-state index in [1.54, 1.807) is 11.6 Å². The maximum Gasteiger partial charge on any atom is 0.333 e. The molecule has 90 valence electrons. The molecule has 16 heavy (non-hydrogen) atoms. The predicted octanol–water partition coefficient (Wildman–Crippen LogP) is 0.751. The highest BCUT2D eigenvalue weighted by molar-refractivity contribution is 5.59. The van der Waals surface area contributed by atoms with Crippen LogP contribution < -0.4 is 10.6 Å². The summed E-state index contributed by atoms with van der Waals surface area (Å²) in [4.78, 5) is 10.5. The van der Waals surface area contributed by atoms with Crippen molar-refractivity contribution in [3.8, 4) is 0 Å². The largest absolute Gasteiger partial charge is 0.363 e. The molecule has 0 fully saturated rings. The van der Waals surface area contributed by atoms with Gasteiger partial charge in [0.2, 0.25) is 5.82 Å². The summed E-state index contributed by atoms with van der Waals surface area (Å²) in [5.74, 6) is 0.486. The van der Waals surface area contributed by atoms with Gasteiger partial charge in [0.1, 0.15) is 5.69 Å². The number of nitrogens with one attached hydrogen (secondary N) is 2. The van der Waals surface area contributed by atoms with Gasteiger partial charge < -0.3 is 10.6 Å². The predicted molar refractivity (Wildman–Crippen MR) is 61.7 cm³/mol. The smallest absolute Gasteiger partial charge is 0.333 e. The number of likely N-dealkylation sites (N-methyl/N-ethyl adjacent to an activating group) is 1. The molecule has 0 radical (unpaired) electrons. The SMILES string of the molecule is CCn1nc(C)c([N+](=O)[O-])c1NCCNC. The molecule has 0 amide bonds. The van der Waals surface area contributed by atoms with E-state index in [-0.39, 0.29) is 5.69 Å². The molecule has 7 nitrogen and oxygen atoms in total. The summed E-state index contributed by atoms with van der Waals surface area (Å²) in [6.45, 7) is 5.52. The Hall–Kier alpha value is -1.63. The lowest BCUT2D eigenvalue weighted by Crippen LogP contribution is -2.19. The van der Waals surface area contributed by atoms with Gasteiger partial charge in [0.15, 0.2) is 0 Å². The molecule has 1 aromatic heterocycles. The van der Waals surface area contributed by atoms with Crippen molar-refractivity contribution in [1.29, 1.82) is 0 Å². The third-order valence-corrected chi connectivity index (χ3v) is 2.25. The van der Waals surface area contributed by atoms with E-state index < -0.39 is 4.92 Å². The third kappa shape index (κ3) is 2.48. The monoisotopic (exact) mass is 227 g/mol. The lowest BCUT2D eigenvalue weighted by Gasteiger charge is -2.06. The summed E-state index contributed by atoms with van der Waals surface area (Å²) in [5.41, 5.74) is 0.511. The molecule has 0 spiro atoms. The molecule has 1 aromatic rings. The molecule has 0 aliphatic heterocycles. The van der Waals surface area contributed by atoms with Gasteiger partial charge in [-0.1, -0.05) is 0 Å². The number of aromatic nitrogens is 2. The fourth-order valence-electron chi connectivity index (χ4n) is 1.50. The van der Waals surface area contributed by atoms with Crippen molar-refractivity contribution in [2.75, 3.05) is 25.5 Å². The first kappa shape index (κ1) is 12.4. The number of hydrogen-bond acceptors (Lipinski definition) is 5. The molecule has 0 saturated heterocycles. The minimum Gasteiger partial charge on any atom is -0.363 e. The van der Waals surface area contributed by atoms with Crippen LogP contribution in [0.5, 0.6) is 0 Å². The van der Waals surface area contributed by atoms with Crippen molar-refractivity contribution in [3.05, 3.63) is 15.8 Å². The van der Waals surface area contributed by atoms with Crippen LogP contribution in [0.25, 0.3) is 0 Å². The van der Waals surface area contributed by atoms with E-state index in [1.165, 1.54) is 0 Å². The van der Waals surface area contributed by atoms with Crippen LogP contribution in [0, 0.1) is 17.0 Å². The molecular weight excluding hydrogens is 210 g/mol. The number of anilines is 1. The van der Waals surface area contributed by atoms with Gasteiger partial charge in [0.25, 0.3) is 0 Å². The first-order valence-corrected chi connectivity index (χ1v) is 5.22. The highest BCUT2D eigenvalue weighted by atomic mass is 16.6. The lowest BCUT2D eigenvalue weighted by atomic mass is 10.4. The average Bonchev–Trinajstić information content (AvgIpc) is 2.55. The van der Waals surface area contributed by atoms with E-state index in [1.807, 2.05) is 14.0 Å². The molecule has 0 aliphatic rings. The van der Waals surface area contributed by atoms with Crippen LogP contribution in [-0.2, 0) is 6.54 Å². The average molecular weight is 227 g/mol. The van der Waals surface area contributed by atoms with Gasteiger partial charge in [-0.2, -0.15) is 5.10 Å². The fourth-order valence-corrected chi connectivity index (χ4v) is 1.50. The molecule has 1 rings (SSSR count). The summed E-state index contributed by atoms with van der Waals surface area (Å²) in [5, 5.41) is 21.0. The topological polar surface area (TPSA) is 85.0 Å². The number of rotatable bonds is 6. The molecule has 0 unspecified atom stereocenters. The van der Waals surface area contributed by atoms with Crippen LogP contribution in [-0.4, -0.2) is 34.8 Å². The van der Waals surface area contributed by atoms with Crippen LogP contribution in [0.4, 0.5) is 11.5 Å². The van der Waals surface area contributed by atoms with E-state index in [0.29, 0.717) is 24.6 Å². The number of hydrogen-bond donors (Lipinski definition) is 2. The molecule has 7 heteroatoms. The second-order valence-electron chi connectivity index (χ2n) is 3.39. The zero-order valence-corrected chi connectivity index (χ0v) is 9.78. The number of nitrogens with zero attached hydrogens (tertiary/aromatic N) is 3. The van der Waals surface area contributed by atoms with Gasteiger partial charge in [0, 0.05) is 19.6 Å². The molecule has 0 saturated carbocycles. The van der Waals surface area contributed by atoms with Crippen molar-refractivity contribution in [3.63, 3.8) is 0 Å². The highest BCUT2D eigenvalue weighted by Crippen LogP contribution is 2.27. The second-order valence-corrected chi connectivity index (χ2v) is 3.39. The molecule has 0 bridgehead atoms. The summed E-state index contributed by atoms with van der Waals surface area (Å²) in [6.07, 6.45) is 0. The number of nitro groups is 1. The van der Waals surface area contributed by atoms with Gasteiger partial charge in [0.05, 0.1) is 4.92 Å². The summed E-state index contributed by atoms with van der Waals surface area (Å²) in [6, 6.07) is 0. The fraction of sp³-hybridized carbons (Fsp3) is 0.667. The summed E-state index contributed by atoms with van der Waals surface area (Å²) >= 11 is 0. The van der Waals surface area contributed by atoms with E-state index in [0.717, 1.165) is 6.54 Å². The van der Waals surface area contributed by atoms with Crippen LogP contribution >= 0.6 is 0 Å². The van der Waals surface area contributed by atoms with E-state index in [4.69, 9.17) is 0 Å². The maximum absolute atomic E-state index is 10.9. The Kier molecular flexibility index (Phi) is 4.24. The zero-order valence-electron chi connectivity index (χ0n) is 9.78. The van der Waals surface area contributed by atoms with Gasteiger partial charge in [-0.15, -0.1) is 0 Å².